The summed E-state index contributed by atoms with van der Waals surface area (Å²) in [6.07, 6.45) is 0. The topological polar surface area (TPSA) is 147 Å². The van der Waals surface area contributed by atoms with Crippen molar-refractivity contribution >= 4 is 33.6 Å². The summed E-state index contributed by atoms with van der Waals surface area (Å²) in [5, 5.41) is 27.6. The number of methoxy groups -OCH3 is 2. The second kappa shape index (κ2) is 9.11. The predicted octanol–water partition coefficient (Wildman–Crippen LogP) is 4.60. The number of carbonyl (C=O) groups excluding carboxylic acids is 1. The van der Waals surface area contributed by atoms with E-state index in [0.29, 0.717) is 33.0 Å². The Morgan fingerprint density at radius 2 is 1.94 bits per heavy atom. The van der Waals surface area contributed by atoms with Crippen molar-refractivity contribution in [1.82, 2.24) is 19.8 Å². The minimum absolute atomic E-state index is 0.0306. The molecule has 182 valence electrons. The van der Waals surface area contributed by atoms with E-state index in [1.54, 1.807) is 29.6 Å². The van der Waals surface area contributed by atoms with Gasteiger partial charge in [-0.1, -0.05) is 11.3 Å². The van der Waals surface area contributed by atoms with Crippen LogP contribution in [-0.4, -0.2) is 44.9 Å². The summed E-state index contributed by atoms with van der Waals surface area (Å²) in [6, 6.07) is 12.6. The fourth-order valence-corrected chi connectivity index (χ4v) is 4.44. The lowest BCUT2D eigenvalue weighted by Crippen LogP contribution is -2.11. The van der Waals surface area contributed by atoms with Gasteiger partial charge >= 0.3 is 0 Å². The summed E-state index contributed by atoms with van der Waals surface area (Å²) in [7, 11) is 2.91. The highest BCUT2D eigenvalue weighted by Gasteiger charge is 2.22. The largest absolute Gasteiger partial charge is 0.497 e. The second-order valence-electron chi connectivity index (χ2n) is 7.52. The minimum atomic E-state index is -0.554. The molecule has 0 aliphatic heterocycles. The third kappa shape index (κ3) is 4.11. The molecule has 1 N–H and O–H groups in total. The van der Waals surface area contributed by atoms with Gasteiger partial charge in [-0.15, -0.1) is 10.2 Å². The fraction of sp³-hybridized carbons (Fsp3) is 0.130. The van der Waals surface area contributed by atoms with Crippen molar-refractivity contribution in [2.24, 2.45) is 0 Å². The number of benzene rings is 2. The quantitative estimate of drug-likeness (QED) is 0.247. The van der Waals surface area contributed by atoms with E-state index in [4.69, 9.17) is 13.9 Å². The Balaban J connectivity index is 1.43. The van der Waals surface area contributed by atoms with Crippen molar-refractivity contribution in [3.8, 4) is 33.4 Å². The van der Waals surface area contributed by atoms with Crippen molar-refractivity contribution in [3.63, 3.8) is 0 Å². The molecule has 0 aliphatic carbocycles. The first-order valence-corrected chi connectivity index (χ1v) is 11.3. The van der Waals surface area contributed by atoms with Crippen molar-refractivity contribution in [3.05, 3.63) is 70.2 Å². The molecule has 0 saturated heterocycles. The fourth-order valence-electron chi connectivity index (χ4n) is 3.56. The summed E-state index contributed by atoms with van der Waals surface area (Å²) >= 11 is 1.36. The van der Waals surface area contributed by atoms with Gasteiger partial charge in [0.15, 0.2) is 11.6 Å². The Labute approximate surface area is 207 Å². The second-order valence-corrected chi connectivity index (χ2v) is 8.48. The van der Waals surface area contributed by atoms with Gasteiger partial charge in [0.2, 0.25) is 4.96 Å². The maximum absolute atomic E-state index is 13.0. The average molecular weight is 507 g/mol. The average Bonchev–Trinajstić information content (AvgIpc) is 3.61. The number of anilines is 1. The van der Waals surface area contributed by atoms with Crippen molar-refractivity contribution in [2.45, 2.75) is 6.92 Å². The van der Waals surface area contributed by atoms with Gasteiger partial charge in [0, 0.05) is 5.56 Å². The van der Waals surface area contributed by atoms with Crippen LogP contribution in [-0.2, 0) is 0 Å². The molecule has 12 nitrogen and oxygen atoms in total. The van der Waals surface area contributed by atoms with Crippen LogP contribution < -0.4 is 14.8 Å². The molecule has 0 fully saturated rings. The van der Waals surface area contributed by atoms with E-state index < -0.39 is 10.8 Å². The number of hydrogen-bond donors (Lipinski definition) is 1. The first-order chi connectivity index (χ1) is 17.4. The number of nitrogens with zero attached hydrogens (tertiary/aromatic N) is 5. The van der Waals surface area contributed by atoms with E-state index >= 15 is 0 Å². The molecule has 1 amide bonds. The van der Waals surface area contributed by atoms with Crippen molar-refractivity contribution in [1.29, 1.82) is 0 Å². The smallest absolute Gasteiger partial charge is 0.291 e. The summed E-state index contributed by atoms with van der Waals surface area (Å²) in [4.78, 5) is 24.6. The molecule has 0 radical (unpaired) electrons. The third-order valence-electron chi connectivity index (χ3n) is 5.34. The number of rotatable bonds is 7. The number of nitro groups is 1. The number of hydrogen-bond acceptors (Lipinski definition) is 10. The summed E-state index contributed by atoms with van der Waals surface area (Å²) in [5.74, 6) is 1.02. The zero-order chi connectivity index (χ0) is 25.4. The lowest BCUT2D eigenvalue weighted by atomic mass is 10.1. The van der Waals surface area contributed by atoms with Crippen LogP contribution in [0, 0.1) is 17.0 Å². The standard InChI is InChI=1S/C23H18N6O6S/c1-12-25-26-23-28(12)27-22(36-23)13-4-7-19(34-3)16(10-13)24-21(30)20-9-8-18(35-20)15-6-5-14(33-2)11-17(15)29(31)32/h4-11H,1-3H3,(H,24,30). The van der Waals surface area contributed by atoms with Gasteiger partial charge < -0.3 is 19.2 Å². The SMILES string of the molecule is COc1ccc(-c2ccc(C(=O)Nc3cc(-c4nn5c(C)nnc5s4)ccc3OC)o2)c([N+](=O)[O-])c1. The zero-order valence-electron chi connectivity index (χ0n) is 19.2. The van der Waals surface area contributed by atoms with Gasteiger partial charge in [0.1, 0.15) is 22.3 Å². The first kappa shape index (κ1) is 23.0. The van der Waals surface area contributed by atoms with Crippen LogP contribution in [0.2, 0.25) is 0 Å². The van der Waals surface area contributed by atoms with Crippen LogP contribution in [0.15, 0.2) is 52.9 Å². The number of nitro benzene ring substituents is 1. The van der Waals surface area contributed by atoms with Gasteiger partial charge in [-0.25, -0.2) is 0 Å². The van der Waals surface area contributed by atoms with Crippen molar-refractivity contribution < 1.29 is 23.6 Å². The molecule has 5 rings (SSSR count). The number of carbonyl (C=O) groups is 1. The monoisotopic (exact) mass is 506 g/mol. The number of amides is 1. The summed E-state index contributed by atoms with van der Waals surface area (Å²) < 4.78 is 17.8. The molecule has 5 aromatic rings. The molecule has 0 spiro atoms. The van der Waals surface area contributed by atoms with Gasteiger partial charge in [-0.3, -0.25) is 14.9 Å². The third-order valence-corrected chi connectivity index (χ3v) is 6.29. The molecule has 3 aromatic heterocycles. The zero-order valence-corrected chi connectivity index (χ0v) is 20.0. The molecule has 13 heteroatoms. The van der Waals surface area contributed by atoms with Crippen LogP contribution in [0.5, 0.6) is 11.5 Å². The number of aryl methyl sites for hydroxylation is 1. The molecule has 0 aliphatic rings. The Hall–Kier alpha value is -4.78. The van der Waals surface area contributed by atoms with E-state index in [1.165, 1.54) is 49.8 Å². The lowest BCUT2D eigenvalue weighted by Gasteiger charge is -2.10. The maximum Gasteiger partial charge on any atom is 0.291 e. The Morgan fingerprint density at radius 1 is 1.11 bits per heavy atom. The van der Waals surface area contributed by atoms with E-state index in [2.05, 4.69) is 20.6 Å². The van der Waals surface area contributed by atoms with Gasteiger partial charge in [0.25, 0.3) is 11.6 Å². The summed E-state index contributed by atoms with van der Waals surface area (Å²) in [6.45, 7) is 1.81. The molecule has 0 atom stereocenters. The van der Waals surface area contributed by atoms with Gasteiger partial charge in [-0.05, 0) is 49.4 Å². The van der Waals surface area contributed by atoms with E-state index in [-0.39, 0.29) is 22.8 Å². The van der Waals surface area contributed by atoms with Crippen molar-refractivity contribution in [2.75, 3.05) is 19.5 Å². The lowest BCUT2D eigenvalue weighted by molar-refractivity contribution is -0.384. The predicted molar refractivity (Wildman–Crippen MR) is 131 cm³/mol. The first-order valence-electron chi connectivity index (χ1n) is 10.5. The maximum atomic E-state index is 13.0. The summed E-state index contributed by atoms with van der Waals surface area (Å²) in [5.41, 5.74) is 1.16. The van der Waals surface area contributed by atoms with E-state index in [0.717, 1.165) is 5.56 Å². The highest BCUT2D eigenvalue weighted by molar-refractivity contribution is 7.19. The van der Waals surface area contributed by atoms with Crippen LogP contribution >= 0.6 is 11.3 Å². The van der Waals surface area contributed by atoms with Gasteiger partial charge in [-0.2, -0.15) is 9.61 Å². The minimum Gasteiger partial charge on any atom is -0.497 e. The molecule has 0 bridgehead atoms. The Bertz CT molecular complexity index is 1620. The number of nitrogens with one attached hydrogen (secondary N) is 1. The van der Waals surface area contributed by atoms with Crippen LogP contribution in [0.4, 0.5) is 11.4 Å². The van der Waals surface area contributed by atoms with E-state index in [9.17, 15) is 14.9 Å². The van der Waals surface area contributed by atoms with Crippen LogP contribution in [0.1, 0.15) is 16.4 Å². The molecule has 36 heavy (non-hydrogen) atoms. The Morgan fingerprint density at radius 3 is 2.67 bits per heavy atom. The number of fused-ring (bicyclic) bond motifs is 1. The highest BCUT2D eigenvalue weighted by Crippen LogP contribution is 2.36. The molecular weight excluding hydrogens is 488 g/mol. The van der Waals surface area contributed by atoms with Crippen LogP contribution in [0.3, 0.4) is 0 Å². The number of ether oxygens (including phenoxy) is 2. The van der Waals surface area contributed by atoms with Crippen LogP contribution in [0.25, 0.3) is 26.9 Å². The highest BCUT2D eigenvalue weighted by atomic mass is 32.1. The normalized spacial score (nSPS) is 11.0. The number of furan rings is 1. The number of aromatic nitrogens is 4. The van der Waals surface area contributed by atoms with Gasteiger partial charge in [0.05, 0.1) is 36.5 Å². The molecule has 3 heterocycles. The molecule has 0 unspecified atom stereocenters. The molecule has 0 saturated carbocycles. The molecular formula is C23H18N6O6S. The Kier molecular flexibility index (Phi) is 5.82. The van der Waals surface area contributed by atoms with E-state index in [1.807, 2.05) is 6.07 Å². The molecule has 2 aromatic carbocycles.